The first-order chi connectivity index (χ1) is 8.20. The minimum Gasteiger partial charge on any atom is -0.508 e. The van der Waals surface area contributed by atoms with E-state index < -0.39 is 12.3 Å². The molecule has 0 amide bonds. The molecule has 0 aromatic heterocycles. The van der Waals surface area contributed by atoms with Gasteiger partial charge >= 0.3 is 0 Å². The molecule has 1 fully saturated rings. The maximum Gasteiger partial charge on any atom is 0.245 e. The number of ether oxygens (including phenoxy) is 1. The van der Waals surface area contributed by atoms with E-state index in [-0.39, 0.29) is 11.7 Å². The highest BCUT2D eigenvalue weighted by Gasteiger charge is 2.33. The fourth-order valence-corrected chi connectivity index (χ4v) is 2.44. The standard InChI is InChI=1S/C13H16F2O2/c14-13(15)12(9-5-7-17-8-6-9)10-3-1-2-4-11(10)16/h1-4,9,12-13,16H,5-8H2. The number of phenols is 1. The Morgan fingerprint density at radius 3 is 2.41 bits per heavy atom. The molecule has 1 aromatic carbocycles. The van der Waals surface area contributed by atoms with Crippen molar-refractivity contribution >= 4 is 0 Å². The third-order valence-electron chi connectivity index (χ3n) is 3.34. The summed E-state index contributed by atoms with van der Waals surface area (Å²) < 4.78 is 31.6. The second-order valence-corrected chi connectivity index (χ2v) is 4.37. The monoisotopic (exact) mass is 242 g/mol. The Hall–Kier alpha value is -1.16. The van der Waals surface area contributed by atoms with E-state index in [9.17, 15) is 13.9 Å². The van der Waals surface area contributed by atoms with Gasteiger partial charge in [-0.1, -0.05) is 18.2 Å². The summed E-state index contributed by atoms with van der Waals surface area (Å²) in [5.41, 5.74) is 0.356. The number of para-hydroxylation sites is 1. The van der Waals surface area contributed by atoms with E-state index in [0.717, 1.165) is 0 Å². The van der Waals surface area contributed by atoms with Crippen molar-refractivity contribution in [3.63, 3.8) is 0 Å². The number of alkyl halides is 2. The molecule has 1 aromatic rings. The van der Waals surface area contributed by atoms with Crippen molar-refractivity contribution in [2.24, 2.45) is 5.92 Å². The van der Waals surface area contributed by atoms with Gasteiger partial charge in [0.05, 0.1) is 5.92 Å². The summed E-state index contributed by atoms with van der Waals surface area (Å²) in [7, 11) is 0. The second-order valence-electron chi connectivity index (χ2n) is 4.37. The molecule has 1 N–H and O–H groups in total. The van der Waals surface area contributed by atoms with Crippen molar-refractivity contribution in [3.05, 3.63) is 29.8 Å². The van der Waals surface area contributed by atoms with Gasteiger partial charge in [0, 0.05) is 18.8 Å². The first kappa shape index (κ1) is 12.3. The van der Waals surface area contributed by atoms with E-state index >= 15 is 0 Å². The Morgan fingerprint density at radius 1 is 1.18 bits per heavy atom. The molecule has 1 aliphatic heterocycles. The van der Waals surface area contributed by atoms with Crippen molar-refractivity contribution in [2.75, 3.05) is 13.2 Å². The molecule has 0 aliphatic carbocycles. The minimum atomic E-state index is -2.45. The molecule has 1 heterocycles. The molecule has 1 atom stereocenters. The molecule has 0 bridgehead atoms. The van der Waals surface area contributed by atoms with E-state index in [2.05, 4.69) is 0 Å². The van der Waals surface area contributed by atoms with Gasteiger partial charge in [0.25, 0.3) is 0 Å². The number of hydrogen-bond donors (Lipinski definition) is 1. The van der Waals surface area contributed by atoms with Gasteiger partial charge in [0.1, 0.15) is 5.75 Å². The van der Waals surface area contributed by atoms with E-state index in [4.69, 9.17) is 4.74 Å². The smallest absolute Gasteiger partial charge is 0.245 e. The summed E-state index contributed by atoms with van der Waals surface area (Å²) in [5, 5.41) is 9.70. The molecule has 4 heteroatoms. The van der Waals surface area contributed by atoms with Gasteiger partial charge in [0.15, 0.2) is 0 Å². The second kappa shape index (κ2) is 5.45. The maximum atomic E-state index is 13.2. The van der Waals surface area contributed by atoms with Crippen molar-refractivity contribution in [1.82, 2.24) is 0 Å². The SMILES string of the molecule is Oc1ccccc1C(C(F)F)C1CCOCC1. The van der Waals surface area contributed by atoms with Gasteiger partial charge in [-0.15, -0.1) is 0 Å². The zero-order chi connectivity index (χ0) is 12.3. The molecule has 0 spiro atoms. The Balaban J connectivity index is 2.25. The van der Waals surface area contributed by atoms with Crippen LogP contribution in [0.2, 0.25) is 0 Å². The van der Waals surface area contributed by atoms with Crippen LogP contribution in [0.3, 0.4) is 0 Å². The van der Waals surface area contributed by atoms with Crippen molar-refractivity contribution < 1.29 is 18.6 Å². The molecule has 0 radical (unpaired) electrons. The first-order valence-corrected chi connectivity index (χ1v) is 5.84. The zero-order valence-electron chi connectivity index (χ0n) is 9.48. The van der Waals surface area contributed by atoms with Crippen molar-refractivity contribution in [3.8, 4) is 5.75 Å². The van der Waals surface area contributed by atoms with E-state index in [1.165, 1.54) is 6.07 Å². The number of aromatic hydroxyl groups is 1. The molecule has 1 saturated heterocycles. The number of phenolic OH excluding ortho intramolecular Hbond substituents is 1. The molecule has 17 heavy (non-hydrogen) atoms. The predicted molar refractivity (Wildman–Crippen MR) is 60.4 cm³/mol. The molecular weight excluding hydrogens is 226 g/mol. The summed E-state index contributed by atoms with van der Waals surface area (Å²) >= 11 is 0. The summed E-state index contributed by atoms with van der Waals surface area (Å²) in [6.45, 7) is 1.06. The van der Waals surface area contributed by atoms with Crippen LogP contribution >= 0.6 is 0 Å². The Morgan fingerprint density at radius 2 is 1.82 bits per heavy atom. The van der Waals surface area contributed by atoms with E-state index in [1.807, 2.05) is 0 Å². The van der Waals surface area contributed by atoms with Crippen LogP contribution in [0, 0.1) is 5.92 Å². The fraction of sp³-hybridized carbons (Fsp3) is 0.538. The first-order valence-electron chi connectivity index (χ1n) is 5.84. The minimum absolute atomic E-state index is 0.0377. The topological polar surface area (TPSA) is 29.5 Å². The molecule has 1 unspecified atom stereocenters. The average molecular weight is 242 g/mol. The quantitative estimate of drug-likeness (QED) is 0.882. The summed E-state index contributed by atoms with van der Waals surface area (Å²) in [6.07, 6.45) is -1.20. The Kier molecular flexibility index (Phi) is 3.94. The van der Waals surface area contributed by atoms with Crippen LogP contribution in [0.4, 0.5) is 8.78 Å². The van der Waals surface area contributed by atoms with Crippen LogP contribution in [-0.4, -0.2) is 24.7 Å². The van der Waals surface area contributed by atoms with Crippen LogP contribution in [-0.2, 0) is 4.74 Å². The highest BCUT2D eigenvalue weighted by molar-refractivity contribution is 5.35. The van der Waals surface area contributed by atoms with E-state index in [0.29, 0.717) is 31.6 Å². The molecule has 1 aliphatic rings. The molecule has 0 saturated carbocycles. The molecule has 94 valence electrons. The summed E-state index contributed by atoms with van der Waals surface area (Å²) in [6, 6.07) is 6.38. The normalized spacial score (nSPS) is 19.5. The van der Waals surface area contributed by atoms with Gasteiger partial charge in [-0.25, -0.2) is 8.78 Å². The molecular formula is C13H16F2O2. The highest BCUT2D eigenvalue weighted by atomic mass is 19.3. The largest absolute Gasteiger partial charge is 0.508 e. The van der Waals surface area contributed by atoms with Gasteiger partial charge in [-0.3, -0.25) is 0 Å². The molecule has 2 nitrogen and oxygen atoms in total. The maximum absolute atomic E-state index is 13.2. The molecule has 2 rings (SSSR count). The fourth-order valence-electron chi connectivity index (χ4n) is 2.44. The zero-order valence-corrected chi connectivity index (χ0v) is 9.48. The average Bonchev–Trinajstić information content (AvgIpc) is 2.33. The van der Waals surface area contributed by atoms with Crippen LogP contribution in [0.5, 0.6) is 5.75 Å². The van der Waals surface area contributed by atoms with Crippen LogP contribution in [0.15, 0.2) is 24.3 Å². The van der Waals surface area contributed by atoms with Crippen LogP contribution in [0.1, 0.15) is 24.3 Å². The summed E-state index contributed by atoms with van der Waals surface area (Å²) in [5.74, 6) is -1.04. The number of halogens is 2. The lowest BCUT2D eigenvalue weighted by molar-refractivity contribution is 0.0180. The number of hydrogen-bond acceptors (Lipinski definition) is 2. The van der Waals surface area contributed by atoms with Gasteiger partial charge in [-0.05, 0) is 24.8 Å². The van der Waals surface area contributed by atoms with Gasteiger partial charge in [0.2, 0.25) is 6.43 Å². The lowest BCUT2D eigenvalue weighted by atomic mass is 9.81. The van der Waals surface area contributed by atoms with Gasteiger partial charge < -0.3 is 9.84 Å². The van der Waals surface area contributed by atoms with E-state index in [1.54, 1.807) is 18.2 Å². The summed E-state index contributed by atoms with van der Waals surface area (Å²) in [4.78, 5) is 0. The highest BCUT2D eigenvalue weighted by Crippen LogP contribution is 2.40. The Bertz CT molecular complexity index is 362. The lowest BCUT2D eigenvalue weighted by Crippen LogP contribution is -2.26. The number of rotatable bonds is 3. The van der Waals surface area contributed by atoms with Crippen LogP contribution < -0.4 is 0 Å². The third kappa shape index (κ3) is 2.75. The Labute approximate surface area is 99.2 Å². The lowest BCUT2D eigenvalue weighted by Gasteiger charge is -2.30. The van der Waals surface area contributed by atoms with Gasteiger partial charge in [-0.2, -0.15) is 0 Å². The number of benzene rings is 1. The van der Waals surface area contributed by atoms with Crippen LogP contribution in [0.25, 0.3) is 0 Å². The predicted octanol–water partition coefficient (Wildman–Crippen LogP) is 3.17. The third-order valence-corrected chi connectivity index (χ3v) is 3.34. The van der Waals surface area contributed by atoms with Crippen molar-refractivity contribution in [2.45, 2.75) is 25.2 Å². The van der Waals surface area contributed by atoms with Crippen molar-refractivity contribution in [1.29, 1.82) is 0 Å².